The highest BCUT2D eigenvalue weighted by atomic mass is 19.1. The van der Waals surface area contributed by atoms with E-state index in [9.17, 15) is 4.39 Å². The van der Waals surface area contributed by atoms with Gasteiger partial charge in [0.15, 0.2) is 12.2 Å². The molecular weight excluding hydrogens is 547 g/mol. The van der Waals surface area contributed by atoms with Crippen LogP contribution in [-0.4, -0.2) is 37.3 Å². The van der Waals surface area contributed by atoms with E-state index in [4.69, 9.17) is 10.1 Å². The fourth-order valence-electron chi connectivity index (χ4n) is 6.69. The molecule has 0 spiro atoms. The molecule has 0 saturated heterocycles. The first-order valence-corrected chi connectivity index (χ1v) is 16.2. The lowest BCUT2D eigenvalue weighted by molar-refractivity contribution is -0.176. The first kappa shape index (κ1) is 35.4. The molecule has 0 aromatic heterocycles. The molecule has 2 N–H and O–H groups in total. The zero-order valence-corrected chi connectivity index (χ0v) is 28.6. The van der Waals surface area contributed by atoms with Crippen molar-refractivity contribution in [2.45, 2.75) is 113 Å². The summed E-state index contributed by atoms with van der Waals surface area (Å²) < 4.78 is 18.9. The van der Waals surface area contributed by atoms with Crippen molar-refractivity contribution in [1.82, 2.24) is 0 Å². The molecule has 0 heterocycles. The summed E-state index contributed by atoms with van der Waals surface area (Å²) in [4.78, 5) is 9.02. The molecule has 5 nitrogen and oxygen atoms in total. The van der Waals surface area contributed by atoms with Crippen molar-refractivity contribution in [1.29, 1.82) is 5.41 Å². The van der Waals surface area contributed by atoms with Crippen LogP contribution in [0.3, 0.4) is 0 Å². The van der Waals surface area contributed by atoms with E-state index >= 15 is 0 Å². The highest BCUT2D eigenvalue weighted by Gasteiger charge is 2.50. The van der Waals surface area contributed by atoms with Crippen LogP contribution in [0, 0.1) is 29.1 Å². The van der Waals surface area contributed by atoms with Gasteiger partial charge < -0.3 is 10.1 Å². The van der Waals surface area contributed by atoms with Gasteiger partial charge in [-0.05, 0) is 100 Å². The van der Waals surface area contributed by atoms with Crippen LogP contribution >= 0.6 is 0 Å². The number of benzene rings is 1. The lowest BCUT2D eigenvalue weighted by atomic mass is 9.58. The van der Waals surface area contributed by atoms with E-state index in [0.717, 1.165) is 45.8 Å². The zero-order chi connectivity index (χ0) is 32.7. The molecule has 3 atom stereocenters. The van der Waals surface area contributed by atoms with Gasteiger partial charge in [0.1, 0.15) is 0 Å². The summed E-state index contributed by atoms with van der Waals surface area (Å²) in [7, 11) is 1.78. The SMILES string of the molecule is C=C(Nc1cc(C(=N)N=C(C)[C@H]2C[C@@H](OC(C)F)C2(C)C)ccc1C)\C(C=NC)=C(C)/C=C(\C=C/C)CCC1(CC)CCC1. The average molecular weight is 603 g/mol. The molecule has 0 amide bonds. The molecule has 3 rings (SSSR count). The van der Waals surface area contributed by atoms with E-state index in [0.29, 0.717) is 11.8 Å². The molecular formula is C38H55FN4O. The first-order valence-electron chi connectivity index (χ1n) is 16.2. The van der Waals surface area contributed by atoms with Gasteiger partial charge in [-0.25, -0.2) is 9.38 Å². The van der Waals surface area contributed by atoms with Crippen LogP contribution in [0.4, 0.5) is 10.1 Å². The summed E-state index contributed by atoms with van der Waals surface area (Å²) in [6.07, 6.45) is 15.4. The van der Waals surface area contributed by atoms with E-state index in [2.05, 4.69) is 74.7 Å². The molecule has 0 radical (unpaired) electrons. The predicted octanol–water partition coefficient (Wildman–Crippen LogP) is 10.3. The van der Waals surface area contributed by atoms with Crippen LogP contribution in [0.5, 0.6) is 0 Å². The minimum atomic E-state index is -1.29. The van der Waals surface area contributed by atoms with Gasteiger partial charge in [-0.15, -0.1) is 0 Å². The number of anilines is 1. The lowest BCUT2D eigenvalue weighted by Gasteiger charge is -2.51. The highest BCUT2D eigenvalue weighted by molar-refractivity contribution is 6.06. The Labute approximate surface area is 266 Å². The number of aliphatic imine (C=N–C) groups is 2. The second-order valence-electron chi connectivity index (χ2n) is 13.4. The van der Waals surface area contributed by atoms with Crippen molar-refractivity contribution in [3.05, 3.63) is 76.5 Å². The topological polar surface area (TPSA) is 69.8 Å². The van der Waals surface area contributed by atoms with Gasteiger partial charge in [0.2, 0.25) is 0 Å². The number of nitrogens with one attached hydrogen (secondary N) is 2. The largest absolute Gasteiger partial charge is 0.355 e. The molecule has 2 aliphatic rings. The average Bonchev–Trinajstić information content (AvgIpc) is 2.94. The Morgan fingerprint density at radius 3 is 2.52 bits per heavy atom. The van der Waals surface area contributed by atoms with Gasteiger partial charge in [-0.3, -0.25) is 10.4 Å². The molecule has 2 fully saturated rings. The third-order valence-electron chi connectivity index (χ3n) is 10.0. The van der Waals surface area contributed by atoms with Crippen molar-refractivity contribution < 1.29 is 9.13 Å². The number of ether oxygens (including phenoxy) is 1. The van der Waals surface area contributed by atoms with Gasteiger partial charge >= 0.3 is 0 Å². The van der Waals surface area contributed by atoms with Crippen LogP contribution in [0.1, 0.15) is 105 Å². The number of hydrogen-bond donors (Lipinski definition) is 2. The van der Waals surface area contributed by atoms with Gasteiger partial charge in [0.05, 0.1) is 6.10 Å². The van der Waals surface area contributed by atoms with Gasteiger partial charge in [-0.1, -0.05) is 70.6 Å². The Morgan fingerprint density at radius 2 is 1.98 bits per heavy atom. The molecule has 1 unspecified atom stereocenters. The monoisotopic (exact) mass is 602 g/mol. The Balaban J connectivity index is 1.79. The number of allylic oxidation sites excluding steroid dienone is 6. The third-order valence-corrected chi connectivity index (χ3v) is 10.0. The van der Waals surface area contributed by atoms with E-state index in [-0.39, 0.29) is 23.3 Å². The summed E-state index contributed by atoms with van der Waals surface area (Å²) in [5.74, 6) is 0.340. The van der Waals surface area contributed by atoms with Crippen LogP contribution in [0.25, 0.3) is 0 Å². The summed E-state index contributed by atoms with van der Waals surface area (Å²) in [5, 5.41) is 12.3. The molecule has 2 saturated carbocycles. The van der Waals surface area contributed by atoms with Crippen LogP contribution < -0.4 is 5.32 Å². The maximum atomic E-state index is 13.4. The Kier molecular flexibility index (Phi) is 12.3. The summed E-state index contributed by atoms with van der Waals surface area (Å²) in [6.45, 7) is 20.5. The minimum Gasteiger partial charge on any atom is -0.355 e. The fraction of sp³-hybridized carbons (Fsp3) is 0.553. The quantitative estimate of drug-likeness (QED) is 0.126. The first-order chi connectivity index (χ1) is 20.8. The second-order valence-corrected chi connectivity index (χ2v) is 13.4. The van der Waals surface area contributed by atoms with Crippen molar-refractivity contribution >= 4 is 23.4 Å². The zero-order valence-electron chi connectivity index (χ0n) is 28.6. The van der Waals surface area contributed by atoms with Crippen LogP contribution in [0.2, 0.25) is 0 Å². The number of amidine groups is 1. The molecule has 6 heteroatoms. The summed E-state index contributed by atoms with van der Waals surface area (Å²) in [6, 6.07) is 5.89. The smallest absolute Gasteiger partial charge is 0.196 e. The number of halogens is 1. The Morgan fingerprint density at radius 1 is 1.27 bits per heavy atom. The summed E-state index contributed by atoms with van der Waals surface area (Å²) in [5.41, 5.74) is 7.94. The van der Waals surface area contributed by atoms with E-state index in [1.807, 2.05) is 38.3 Å². The number of hydrogen-bond acceptors (Lipinski definition) is 4. The van der Waals surface area contributed by atoms with Crippen molar-refractivity contribution in [2.75, 3.05) is 12.4 Å². The number of rotatable bonds is 14. The summed E-state index contributed by atoms with van der Waals surface area (Å²) >= 11 is 0. The van der Waals surface area contributed by atoms with Crippen LogP contribution in [0.15, 0.2) is 75.4 Å². The second kappa shape index (κ2) is 15.2. The molecule has 1 aromatic rings. The standard InChI is InChI=1S/C38H55FN4O/c1-11-14-30(17-20-38(12-2)18-13-19-38)21-26(4)32(24-41-10)27(5)42-34-22-31(16-15-25(34)3)36(40)43-28(6)33-23-35(37(33,8)9)44-29(7)39/h11,14-16,21-22,24,29,33,35,40,42H,5,12-13,17-20,23H2,1-4,6-10H3/b14-11-,30-21+,32-26-,40-36?,41-24?,43-28?/t29?,33-,35-/m1/s1. The van der Waals surface area contributed by atoms with Crippen molar-refractivity contribution in [2.24, 2.45) is 26.7 Å². The van der Waals surface area contributed by atoms with Crippen molar-refractivity contribution in [3.63, 3.8) is 0 Å². The minimum absolute atomic E-state index is 0.139. The van der Waals surface area contributed by atoms with Crippen LogP contribution in [-0.2, 0) is 4.74 Å². The Hall–Kier alpha value is -3.12. The van der Waals surface area contributed by atoms with E-state index in [1.165, 1.54) is 44.6 Å². The van der Waals surface area contributed by atoms with Gasteiger partial charge in [0, 0.05) is 47.4 Å². The van der Waals surface area contributed by atoms with E-state index in [1.54, 1.807) is 7.05 Å². The predicted molar refractivity (Wildman–Crippen MR) is 187 cm³/mol. The molecule has 0 aliphatic heterocycles. The van der Waals surface area contributed by atoms with E-state index < -0.39 is 6.36 Å². The molecule has 0 bridgehead atoms. The molecule has 2 aliphatic carbocycles. The maximum Gasteiger partial charge on any atom is 0.196 e. The number of nitrogens with zero attached hydrogens (tertiary/aromatic N) is 2. The van der Waals surface area contributed by atoms with Crippen molar-refractivity contribution in [3.8, 4) is 0 Å². The fourth-order valence-corrected chi connectivity index (χ4v) is 6.69. The van der Waals surface area contributed by atoms with Gasteiger partial charge in [0.25, 0.3) is 0 Å². The third kappa shape index (κ3) is 8.53. The Bertz CT molecular complexity index is 1350. The number of alkyl halides is 1. The highest BCUT2D eigenvalue weighted by Crippen LogP contribution is 2.49. The molecule has 1 aromatic carbocycles. The lowest BCUT2D eigenvalue weighted by Crippen LogP contribution is -2.54. The molecule has 44 heavy (non-hydrogen) atoms. The molecule has 240 valence electrons. The maximum absolute atomic E-state index is 13.4. The van der Waals surface area contributed by atoms with Gasteiger partial charge in [-0.2, -0.15) is 0 Å². The number of aryl methyl sites for hydroxylation is 1. The normalized spacial score (nSPS) is 22.8.